The Kier molecular flexibility index (Phi) is 11.0. The van der Waals surface area contributed by atoms with Gasteiger partial charge in [-0.15, -0.1) is 9.79 Å². The van der Waals surface area contributed by atoms with E-state index in [-0.39, 0.29) is 5.25 Å². The third kappa shape index (κ3) is 6.88. The fraction of sp³-hybridized carbons (Fsp3) is 0.310. The molecule has 4 rings (SSSR count). The summed E-state index contributed by atoms with van der Waals surface area (Å²) in [6.07, 6.45) is 6.54. The van der Waals surface area contributed by atoms with E-state index in [2.05, 4.69) is 86.6 Å². The van der Waals surface area contributed by atoms with E-state index in [0.717, 1.165) is 36.0 Å². The van der Waals surface area contributed by atoms with Gasteiger partial charge in [0.15, 0.2) is 5.82 Å². The van der Waals surface area contributed by atoms with Gasteiger partial charge in [0.05, 0.1) is 5.25 Å². The second kappa shape index (κ2) is 14.2. The van der Waals surface area contributed by atoms with E-state index in [9.17, 15) is 4.21 Å². The van der Waals surface area contributed by atoms with Gasteiger partial charge in [0.2, 0.25) is 0 Å². The highest BCUT2D eigenvalue weighted by molar-refractivity contribution is 7.84. The summed E-state index contributed by atoms with van der Waals surface area (Å²) in [5.41, 5.74) is 2.58. The molecule has 38 heavy (non-hydrogen) atoms. The van der Waals surface area contributed by atoms with Gasteiger partial charge in [-0.05, 0) is 29.0 Å². The van der Waals surface area contributed by atoms with Gasteiger partial charge in [0.1, 0.15) is 11.9 Å². The van der Waals surface area contributed by atoms with Gasteiger partial charge in [0.25, 0.3) is 0 Å². The quantitative estimate of drug-likeness (QED) is 0.185. The summed E-state index contributed by atoms with van der Waals surface area (Å²) in [5.74, 6) is 1.16. The first-order valence-electron chi connectivity index (χ1n) is 12.6. The number of benzene rings is 3. The van der Waals surface area contributed by atoms with Crippen LogP contribution in [0.1, 0.15) is 60.9 Å². The Labute approximate surface area is 228 Å². The molecular formula is C29H35N3O4PS+. The minimum Gasteiger partial charge on any atom is -0.259 e. The standard InChI is InChI=1S/C29H33N3OS.HO3P/c1-4-23(5-2)21-27(34(3)33)28-30-22-32(31-28)29(24-15-9-6-10-16-24,25-17-11-7-12-18-25)26-19-13-8-14-20-26;1-4(2)3/h6-20,22-23,27H,4-5,21H2,1-3H3;(H-,1,2,3)/p+1. The zero-order valence-electron chi connectivity index (χ0n) is 21.9. The smallest absolute Gasteiger partial charge is 0.259 e. The Hall–Kier alpha value is -3.03. The summed E-state index contributed by atoms with van der Waals surface area (Å²) in [5, 5.41) is 4.88. The first-order chi connectivity index (χ1) is 18.3. The van der Waals surface area contributed by atoms with Crippen LogP contribution in [0.3, 0.4) is 0 Å². The lowest BCUT2D eigenvalue weighted by Crippen LogP contribution is -2.38. The molecule has 2 unspecified atom stereocenters. The fourth-order valence-corrected chi connectivity index (χ4v) is 5.78. The maximum absolute atomic E-state index is 12.8. The Morgan fingerprint density at radius 1 is 0.842 bits per heavy atom. The summed E-state index contributed by atoms with van der Waals surface area (Å²) >= 11 is 0. The van der Waals surface area contributed by atoms with Crippen LogP contribution in [0, 0.1) is 5.92 Å². The number of hydrogen-bond donors (Lipinski definition) is 2. The molecule has 0 radical (unpaired) electrons. The zero-order chi connectivity index (χ0) is 27.5. The highest BCUT2D eigenvalue weighted by Gasteiger charge is 2.40. The van der Waals surface area contributed by atoms with Gasteiger partial charge >= 0.3 is 8.25 Å². The molecule has 2 atom stereocenters. The minimum atomic E-state index is -2.87. The van der Waals surface area contributed by atoms with E-state index in [0.29, 0.717) is 11.7 Å². The first kappa shape index (κ1) is 29.5. The van der Waals surface area contributed by atoms with Crippen molar-refractivity contribution in [1.29, 1.82) is 0 Å². The summed E-state index contributed by atoms with van der Waals surface area (Å²) in [7, 11) is -3.93. The Morgan fingerprint density at radius 2 is 1.24 bits per heavy atom. The summed E-state index contributed by atoms with van der Waals surface area (Å²) in [6, 6.07) is 31.3. The molecular weight excluding hydrogens is 517 g/mol. The molecule has 3 aromatic carbocycles. The van der Waals surface area contributed by atoms with Crippen molar-refractivity contribution in [2.24, 2.45) is 5.92 Å². The fourth-order valence-electron chi connectivity index (χ4n) is 4.83. The van der Waals surface area contributed by atoms with Crippen molar-refractivity contribution in [2.45, 2.75) is 43.9 Å². The molecule has 0 bridgehead atoms. The van der Waals surface area contributed by atoms with Crippen molar-refractivity contribution in [1.82, 2.24) is 14.8 Å². The molecule has 0 aliphatic carbocycles. The molecule has 0 aliphatic heterocycles. The average Bonchev–Trinajstić information content (AvgIpc) is 3.41. The maximum Gasteiger partial charge on any atom is 0.692 e. The molecule has 0 aliphatic rings. The van der Waals surface area contributed by atoms with Crippen LogP contribution in [0.2, 0.25) is 0 Å². The molecule has 0 saturated carbocycles. The van der Waals surface area contributed by atoms with E-state index in [1.807, 2.05) is 29.2 Å². The Morgan fingerprint density at radius 3 is 1.58 bits per heavy atom. The van der Waals surface area contributed by atoms with Crippen LogP contribution < -0.4 is 0 Å². The largest absolute Gasteiger partial charge is 0.692 e. The first-order valence-corrected chi connectivity index (χ1v) is 15.4. The molecule has 0 spiro atoms. The molecule has 2 N–H and O–H groups in total. The zero-order valence-corrected chi connectivity index (χ0v) is 23.6. The minimum absolute atomic E-state index is 0.189. The van der Waals surface area contributed by atoms with Crippen molar-refractivity contribution < 1.29 is 18.6 Å². The van der Waals surface area contributed by atoms with E-state index in [4.69, 9.17) is 24.4 Å². The molecule has 1 aromatic heterocycles. The van der Waals surface area contributed by atoms with Gasteiger partial charge in [-0.2, -0.15) is 5.10 Å². The Bertz CT molecular complexity index is 1200. The van der Waals surface area contributed by atoms with Crippen molar-refractivity contribution in [2.75, 3.05) is 6.26 Å². The number of hydrogen-bond acceptors (Lipinski definition) is 4. The molecule has 9 heteroatoms. The third-order valence-corrected chi connectivity index (χ3v) is 8.02. The molecule has 4 aromatic rings. The van der Waals surface area contributed by atoms with Crippen LogP contribution >= 0.6 is 8.25 Å². The van der Waals surface area contributed by atoms with Gasteiger partial charge in [-0.3, -0.25) is 4.21 Å². The molecule has 7 nitrogen and oxygen atoms in total. The van der Waals surface area contributed by atoms with Gasteiger partial charge in [-0.1, -0.05) is 118 Å². The topological polar surface area (TPSA) is 105 Å². The molecule has 0 amide bonds. The second-order valence-electron chi connectivity index (χ2n) is 9.01. The number of nitrogens with zero attached hydrogens (tertiary/aromatic N) is 3. The summed E-state index contributed by atoms with van der Waals surface area (Å²) in [4.78, 5) is 19.0. The van der Waals surface area contributed by atoms with Crippen LogP contribution in [0.15, 0.2) is 97.3 Å². The monoisotopic (exact) mass is 552 g/mol. The molecule has 0 saturated heterocycles. The average molecular weight is 553 g/mol. The van der Waals surface area contributed by atoms with Crippen LogP contribution in [0.4, 0.5) is 0 Å². The molecule has 200 valence electrons. The molecule has 0 fully saturated rings. The Balaban J connectivity index is 0.000000934. The predicted molar refractivity (Wildman–Crippen MR) is 152 cm³/mol. The predicted octanol–water partition coefficient (Wildman–Crippen LogP) is 5.99. The highest BCUT2D eigenvalue weighted by Crippen LogP contribution is 2.40. The van der Waals surface area contributed by atoms with Crippen LogP contribution in [-0.4, -0.2) is 35.0 Å². The lowest BCUT2D eigenvalue weighted by atomic mass is 9.77. The second-order valence-corrected chi connectivity index (χ2v) is 11.1. The highest BCUT2D eigenvalue weighted by atomic mass is 32.2. The summed E-state index contributed by atoms with van der Waals surface area (Å²) in [6.45, 7) is 4.39. The molecule has 1 heterocycles. The van der Waals surface area contributed by atoms with Crippen molar-refractivity contribution in [3.63, 3.8) is 0 Å². The number of rotatable bonds is 10. The normalized spacial score (nSPS) is 12.9. The SMILES string of the molecule is CCC(CC)CC(c1ncn(C(c2ccccc2)(c2ccccc2)c2ccccc2)n1)S(C)=O.O=[P+](O)O. The van der Waals surface area contributed by atoms with Gasteiger partial charge in [-0.25, -0.2) is 9.67 Å². The lowest BCUT2D eigenvalue weighted by Gasteiger charge is -2.36. The van der Waals surface area contributed by atoms with Gasteiger partial charge in [0, 0.05) is 21.6 Å². The van der Waals surface area contributed by atoms with E-state index in [1.54, 1.807) is 6.26 Å². The maximum atomic E-state index is 12.8. The van der Waals surface area contributed by atoms with Crippen LogP contribution in [0.5, 0.6) is 0 Å². The van der Waals surface area contributed by atoms with E-state index >= 15 is 0 Å². The van der Waals surface area contributed by atoms with Gasteiger partial charge < -0.3 is 0 Å². The van der Waals surface area contributed by atoms with Crippen LogP contribution in [-0.2, 0) is 20.9 Å². The van der Waals surface area contributed by atoms with E-state index in [1.165, 1.54) is 0 Å². The summed E-state index contributed by atoms with van der Waals surface area (Å²) < 4.78 is 23.5. The van der Waals surface area contributed by atoms with E-state index < -0.39 is 24.6 Å². The van der Waals surface area contributed by atoms with Crippen LogP contribution in [0.25, 0.3) is 0 Å². The third-order valence-electron chi connectivity index (χ3n) is 6.82. The van der Waals surface area contributed by atoms with Crippen molar-refractivity contribution >= 4 is 19.1 Å². The van der Waals surface area contributed by atoms with Crippen molar-refractivity contribution in [3.05, 3.63) is 120 Å². The van der Waals surface area contributed by atoms with Crippen molar-refractivity contribution in [3.8, 4) is 0 Å². The lowest BCUT2D eigenvalue weighted by molar-refractivity contribution is 0.405. The number of aromatic nitrogens is 3.